The van der Waals surface area contributed by atoms with Crippen LogP contribution in [0, 0.1) is 0 Å². The minimum Gasteiger partial charge on any atom is -0.493 e. The maximum Gasteiger partial charge on any atom is 0.444 e. The van der Waals surface area contributed by atoms with Crippen molar-refractivity contribution in [3.05, 3.63) is 121 Å². The molecule has 406 valence electrons. The fourth-order valence-corrected chi connectivity index (χ4v) is 8.41. The van der Waals surface area contributed by atoms with Crippen LogP contribution in [0.2, 0.25) is 0 Å². The van der Waals surface area contributed by atoms with Gasteiger partial charge in [-0.2, -0.15) is 10.1 Å². The number of rotatable bonds is 30. The minimum atomic E-state index is -1.49. The highest BCUT2D eigenvalue weighted by Gasteiger charge is 2.30. The number of aromatic nitrogens is 4. The van der Waals surface area contributed by atoms with Crippen LogP contribution in [0.3, 0.4) is 0 Å². The van der Waals surface area contributed by atoms with Gasteiger partial charge in [0.15, 0.2) is 0 Å². The Labute approximate surface area is 452 Å². The molecule has 76 heavy (non-hydrogen) atoms. The number of carbonyl (C=O) groups is 4. The molecule has 0 spiro atoms. The summed E-state index contributed by atoms with van der Waals surface area (Å²) in [5.41, 5.74) is 2.00. The van der Waals surface area contributed by atoms with Crippen LogP contribution in [-0.2, 0) is 30.8 Å². The summed E-state index contributed by atoms with van der Waals surface area (Å²) >= 11 is 3.21. The normalized spacial score (nSPS) is 11.1. The number of para-hydroxylation sites is 2. The number of unbranched alkanes of at least 4 members (excludes halogenated alkanes) is 6. The summed E-state index contributed by atoms with van der Waals surface area (Å²) in [4.78, 5) is 69.3. The van der Waals surface area contributed by atoms with Gasteiger partial charge < -0.3 is 48.4 Å². The number of anilines is 2. The fourth-order valence-electron chi connectivity index (χ4n) is 7.14. The summed E-state index contributed by atoms with van der Waals surface area (Å²) in [6, 6.07) is 31.0. The molecule has 6 aromatic rings. The molecule has 0 bridgehead atoms. The lowest BCUT2D eigenvalue weighted by molar-refractivity contribution is -0.203. The first-order chi connectivity index (χ1) is 37.0. The molecule has 0 fully saturated rings. The van der Waals surface area contributed by atoms with Crippen molar-refractivity contribution in [1.29, 1.82) is 0 Å². The van der Waals surface area contributed by atoms with E-state index < -0.39 is 24.0 Å². The van der Waals surface area contributed by atoms with E-state index in [-0.39, 0.29) is 13.1 Å². The molecule has 4 aromatic carbocycles. The Morgan fingerprint density at radius 1 is 0.474 bits per heavy atom. The third-order valence-corrected chi connectivity index (χ3v) is 12.9. The Bertz CT molecular complexity index is 2460. The van der Waals surface area contributed by atoms with E-state index in [9.17, 15) is 19.2 Å². The van der Waals surface area contributed by atoms with Crippen molar-refractivity contribution in [2.24, 2.45) is 0 Å². The van der Waals surface area contributed by atoms with Gasteiger partial charge in [0.25, 0.3) is 0 Å². The smallest absolute Gasteiger partial charge is 0.444 e. The first kappa shape index (κ1) is 58.1. The number of nitrogens with one attached hydrogen (secondary N) is 2. The predicted molar refractivity (Wildman–Crippen MR) is 293 cm³/mol. The second-order valence-corrected chi connectivity index (χ2v) is 20.1. The number of nitrogens with zero attached hydrogens (tertiary/aromatic N) is 8. The van der Waals surface area contributed by atoms with E-state index >= 15 is 0 Å². The quantitative estimate of drug-likeness (QED) is 0.0243. The molecular formula is C54H68N10O10S2. The van der Waals surface area contributed by atoms with Crippen LogP contribution < -0.4 is 20.1 Å². The summed E-state index contributed by atoms with van der Waals surface area (Å²) in [7, 11) is 7.99. The Balaban J connectivity index is 1.02. The highest BCUT2D eigenvalue weighted by atomic mass is 32.2. The Kier molecular flexibility index (Phi) is 24.7. The molecule has 0 aliphatic carbocycles. The van der Waals surface area contributed by atoms with Crippen molar-refractivity contribution in [1.82, 2.24) is 40.3 Å². The number of ether oxygens (including phenoxy) is 2. The van der Waals surface area contributed by atoms with Gasteiger partial charge in [-0.05, 0) is 140 Å². The minimum absolute atomic E-state index is 0.0202. The van der Waals surface area contributed by atoms with Crippen molar-refractivity contribution in [2.45, 2.75) is 62.9 Å². The Hall–Kier alpha value is -7.14. The lowest BCUT2D eigenvalue weighted by Gasteiger charge is -2.23. The molecule has 0 aliphatic heterocycles. The van der Waals surface area contributed by atoms with Crippen LogP contribution in [0.15, 0.2) is 118 Å². The number of hydrogen-bond acceptors (Lipinski definition) is 18. The zero-order chi connectivity index (χ0) is 53.7. The number of carbonyl (C=O) groups excluding carboxylic acids is 4. The molecule has 20 nitrogen and oxygen atoms in total. The lowest BCUT2D eigenvalue weighted by Crippen LogP contribution is -2.43. The fraction of sp³-hybridized carbons (Fsp3) is 0.407. The summed E-state index contributed by atoms with van der Waals surface area (Å²) in [6.07, 6.45) is 6.01. The van der Waals surface area contributed by atoms with Gasteiger partial charge in [0.05, 0.1) is 37.8 Å². The standard InChI is InChI=1S/C54H68N10O10S2/c1-61(2)31-15-5-7-17-33-63(53(67)55-43-27-23-41(24-28-43)49-59-57-47(71-49)39-75-37-35-69-45-19-11-9-12-20-45)73-51(65)52(66)74-64(34-18-8-6-16-32-62(3)4)54(68)56-44-29-25-42(26-30-44)50-60-58-48(72-50)40-76-38-36-70-46-21-13-10-14-22-46/h9-14,19-30H,5-8,15-18,31-40H2,1-4H3,(H,55,67)(H,56,68). The molecule has 0 radical (unpaired) electrons. The van der Waals surface area contributed by atoms with Crippen LogP contribution >= 0.6 is 23.5 Å². The molecule has 2 N–H and O–H groups in total. The summed E-state index contributed by atoms with van der Waals surface area (Å²) in [5.74, 6) is 2.67. The van der Waals surface area contributed by atoms with Gasteiger partial charge in [0.1, 0.15) is 11.5 Å². The van der Waals surface area contributed by atoms with Crippen LogP contribution in [-0.4, -0.2) is 143 Å². The van der Waals surface area contributed by atoms with Crippen molar-refractivity contribution in [3.8, 4) is 34.4 Å². The van der Waals surface area contributed by atoms with Crippen LogP contribution in [0.25, 0.3) is 22.9 Å². The van der Waals surface area contributed by atoms with Crippen molar-refractivity contribution < 1.29 is 47.2 Å². The molecule has 0 unspecified atom stereocenters. The average molecular weight is 1080 g/mol. The number of thioether (sulfide) groups is 2. The van der Waals surface area contributed by atoms with Crippen LogP contribution in [0.5, 0.6) is 11.5 Å². The molecule has 6 rings (SSSR count). The first-order valence-corrected chi connectivity index (χ1v) is 27.6. The Morgan fingerprint density at radius 3 is 1.21 bits per heavy atom. The van der Waals surface area contributed by atoms with Crippen molar-refractivity contribution in [3.63, 3.8) is 0 Å². The SMILES string of the molecule is CN(C)CCCCCCN(OC(=O)C(=O)ON(CCCCCCN(C)C)C(=O)Nc1ccc(-c2nnc(CSCCOc3ccccc3)o2)cc1)C(=O)Nc1ccc(-c2nnc(CSCCOc3ccccc3)o2)cc1. The zero-order valence-electron chi connectivity index (χ0n) is 43.6. The van der Waals surface area contributed by atoms with E-state index in [4.69, 9.17) is 28.0 Å². The molecule has 0 saturated carbocycles. The topological polar surface area (TPSA) is 220 Å². The zero-order valence-corrected chi connectivity index (χ0v) is 45.2. The van der Waals surface area contributed by atoms with E-state index in [0.29, 0.717) is 83.6 Å². The van der Waals surface area contributed by atoms with Gasteiger partial charge >= 0.3 is 24.0 Å². The van der Waals surface area contributed by atoms with E-state index in [1.807, 2.05) is 88.9 Å². The predicted octanol–water partition coefficient (Wildman–Crippen LogP) is 9.94. The molecule has 4 amide bonds. The number of hydrogen-bond donors (Lipinski definition) is 2. The van der Waals surface area contributed by atoms with Crippen LogP contribution in [0.1, 0.15) is 63.1 Å². The molecular weight excluding hydrogens is 1010 g/mol. The number of amides is 4. The molecule has 22 heteroatoms. The summed E-state index contributed by atoms with van der Waals surface area (Å²) in [5, 5.41) is 23.7. The molecule has 2 aromatic heterocycles. The van der Waals surface area contributed by atoms with E-state index in [0.717, 1.165) is 84.7 Å². The van der Waals surface area contributed by atoms with E-state index in [1.54, 1.807) is 72.1 Å². The second kappa shape index (κ2) is 32.3. The van der Waals surface area contributed by atoms with Crippen LogP contribution in [0.4, 0.5) is 21.0 Å². The number of benzene rings is 4. The molecule has 0 aliphatic rings. The van der Waals surface area contributed by atoms with E-state index in [1.165, 1.54) is 0 Å². The van der Waals surface area contributed by atoms with Crippen molar-refractivity contribution >= 4 is 58.9 Å². The maximum atomic E-state index is 13.7. The third kappa shape index (κ3) is 21.2. The summed E-state index contributed by atoms with van der Waals surface area (Å²) in [6.45, 7) is 2.83. The van der Waals surface area contributed by atoms with E-state index in [2.05, 4.69) is 40.8 Å². The Morgan fingerprint density at radius 2 is 0.842 bits per heavy atom. The lowest BCUT2D eigenvalue weighted by atomic mass is 10.2. The summed E-state index contributed by atoms with van der Waals surface area (Å²) < 4.78 is 23.2. The van der Waals surface area contributed by atoms with Gasteiger partial charge in [-0.1, -0.05) is 62.1 Å². The largest absolute Gasteiger partial charge is 0.493 e. The van der Waals surface area contributed by atoms with Gasteiger partial charge in [-0.15, -0.1) is 43.9 Å². The average Bonchev–Trinajstić information content (AvgIpc) is 4.11. The second-order valence-electron chi connectivity index (χ2n) is 17.8. The molecule has 0 saturated heterocycles. The maximum absolute atomic E-state index is 13.7. The monoisotopic (exact) mass is 1080 g/mol. The van der Waals surface area contributed by atoms with Crippen molar-refractivity contribution in [2.75, 3.05) is 89.7 Å². The highest BCUT2D eigenvalue weighted by Crippen LogP contribution is 2.25. The highest BCUT2D eigenvalue weighted by molar-refractivity contribution is 7.98. The van der Waals surface area contributed by atoms with Gasteiger partial charge in [0.2, 0.25) is 23.6 Å². The molecule has 0 atom stereocenters. The third-order valence-electron chi connectivity index (χ3n) is 11.1. The first-order valence-electron chi connectivity index (χ1n) is 25.3. The van der Waals surface area contributed by atoms with Gasteiger partial charge in [0, 0.05) is 34.0 Å². The van der Waals surface area contributed by atoms with Gasteiger partial charge in [-0.3, -0.25) is 0 Å². The van der Waals surface area contributed by atoms with Gasteiger partial charge in [-0.25, -0.2) is 19.2 Å². The number of hydroxylamine groups is 4. The number of urea groups is 2. The molecule has 2 heterocycles.